The molecule has 0 bridgehead atoms. The third-order valence-corrected chi connectivity index (χ3v) is 6.79. The predicted molar refractivity (Wildman–Crippen MR) is 89.0 cm³/mol. The molecule has 126 valence electrons. The van der Waals surface area contributed by atoms with E-state index in [0.29, 0.717) is 12.1 Å². The van der Waals surface area contributed by atoms with Gasteiger partial charge < -0.3 is 4.90 Å². The maximum Gasteiger partial charge on any atom is 0.243 e. The van der Waals surface area contributed by atoms with Gasteiger partial charge in [-0.25, -0.2) is 8.42 Å². The van der Waals surface area contributed by atoms with E-state index in [2.05, 4.69) is 4.90 Å². The summed E-state index contributed by atoms with van der Waals surface area (Å²) in [5, 5.41) is 0. The van der Waals surface area contributed by atoms with Gasteiger partial charge in [0.15, 0.2) is 5.78 Å². The molecule has 2 saturated heterocycles. The lowest BCUT2D eigenvalue weighted by Crippen LogP contribution is -2.42. The van der Waals surface area contributed by atoms with Gasteiger partial charge in [0.2, 0.25) is 10.0 Å². The van der Waals surface area contributed by atoms with Gasteiger partial charge in [0.1, 0.15) is 0 Å². The highest BCUT2D eigenvalue weighted by Gasteiger charge is 2.36. The second kappa shape index (κ2) is 6.71. The van der Waals surface area contributed by atoms with E-state index in [1.54, 1.807) is 22.5 Å². The average molecular weight is 336 g/mol. The lowest BCUT2D eigenvalue weighted by atomic mass is 10.2. The van der Waals surface area contributed by atoms with Crippen LogP contribution in [0.3, 0.4) is 0 Å². The van der Waals surface area contributed by atoms with Crippen molar-refractivity contribution in [3.8, 4) is 0 Å². The Morgan fingerprint density at radius 2 is 1.91 bits per heavy atom. The zero-order valence-corrected chi connectivity index (χ0v) is 14.4. The van der Waals surface area contributed by atoms with E-state index in [4.69, 9.17) is 0 Å². The Morgan fingerprint density at radius 3 is 2.61 bits per heavy atom. The molecule has 1 aromatic rings. The molecule has 0 N–H and O–H groups in total. The van der Waals surface area contributed by atoms with Crippen LogP contribution in [0.5, 0.6) is 0 Å². The van der Waals surface area contributed by atoms with Gasteiger partial charge in [-0.05, 0) is 57.8 Å². The van der Waals surface area contributed by atoms with Crippen LogP contribution in [-0.2, 0) is 10.0 Å². The largest absolute Gasteiger partial charge is 0.302 e. The molecule has 2 aliphatic heterocycles. The number of benzene rings is 1. The van der Waals surface area contributed by atoms with E-state index >= 15 is 0 Å². The molecular formula is C17H24N2O3S. The summed E-state index contributed by atoms with van der Waals surface area (Å²) in [4.78, 5) is 14.1. The van der Waals surface area contributed by atoms with Crippen LogP contribution in [0, 0.1) is 0 Å². The molecule has 2 fully saturated rings. The molecule has 23 heavy (non-hydrogen) atoms. The maximum atomic E-state index is 13.0. The van der Waals surface area contributed by atoms with Crippen molar-refractivity contribution in [3.63, 3.8) is 0 Å². The lowest BCUT2D eigenvalue weighted by Gasteiger charge is -2.28. The van der Waals surface area contributed by atoms with Crippen LogP contribution in [0.15, 0.2) is 29.2 Å². The van der Waals surface area contributed by atoms with Gasteiger partial charge in [-0.1, -0.05) is 12.1 Å². The van der Waals surface area contributed by atoms with Crippen LogP contribution < -0.4 is 0 Å². The molecule has 3 rings (SSSR count). The summed E-state index contributed by atoms with van der Waals surface area (Å²) in [5.74, 6) is -0.114. The van der Waals surface area contributed by atoms with E-state index in [9.17, 15) is 13.2 Å². The fraction of sp³-hybridized carbons (Fsp3) is 0.588. The molecule has 5 nitrogen and oxygen atoms in total. The maximum absolute atomic E-state index is 13.0. The first-order chi connectivity index (χ1) is 11.0. The topological polar surface area (TPSA) is 57.7 Å². The Hall–Kier alpha value is -1.24. The van der Waals surface area contributed by atoms with Crippen molar-refractivity contribution in [2.24, 2.45) is 0 Å². The van der Waals surface area contributed by atoms with Crippen molar-refractivity contribution in [2.45, 2.75) is 43.5 Å². The summed E-state index contributed by atoms with van der Waals surface area (Å²) in [6, 6.07) is 6.46. The number of Topliss-reactive ketones (excluding diaryl/α,β-unsaturated/α-hetero) is 1. The molecule has 0 amide bonds. The van der Waals surface area contributed by atoms with Crippen LogP contribution in [-0.4, -0.2) is 55.6 Å². The first kappa shape index (κ1) is 16.6. The second-order valence-electron chi connectivity index (χ2n) is 6.50. The van der Waals surface area contributed by atoms with Gasteiger partial charge in [0, 0.05) is 24.7 Å². The number of hydrogen-bond acceptors (Lipinski definition) is 4. The standard InChI is InChI=1S/C17H24N2O3S/c1-14(20)15-6-4-8-17(12-15)23(21,22)19-11-5-7-16(19)13-18-9-2-3-10-18/h4,6,8,12,16H,2-3,5,7,9-11,13H2,1H3. The zero-order valence-electron chi connectivity index (χ0n) is 13.6. The molecule has 0 spiro atoms. The van der Waals surface area contributed by atoms with Crippen LogP contribution in [0.2, 0.25) is 0 Å². The minimum absolute atomic E-state index is 0.0547. The highest BCUT2D eigenvalue weighted by molar-refractivity contribution is 7.89. The highest BCUT2D eigenvalue weighted by Crippen LogP contribution is 2.28. The van der Waals surface area contributed by atoms with E-state index in [-0.39, 0.29) is 16.7 Å². The van der Waals surface area contributed by atoms with Crippen molar-refractivity contribution < 1.29 is 13.2 Å². The number of sulfonamides is 1. The molecule has 2 heterocycles. The van der Waals surface area contributed by atoms with Gasteiger partial charge in [-0.3, -0.25) is 4.79 Å². The molecule has 0 radical (unpaired) electrons. The van der Waals surface area contributed by atoms with Crippen molar-refractivity contribution >= 4 is 15.8 Å². The Labute approximate surface area is 138 Å². The summed E-state index contributed by atoms with van der Waals surface area (Å²) in [7, 11) is -3.53. The summed E-state index contributed by atoms with van der Waals surface area (Å²) >= 11 is 0. The van der Waals surface area contributed by atoms with Gasteiger partial charge in [0.05, 0.1) is 4.90 Å². The first-order valence-corrected chi connectivity index (χ1v) is 9.78. The summed E-state index contributed by atoms with van der Waals surface area (Å²) in [6.45, 7) is 5.00. The molecule has 0 saturated carbocycles. The van der Waals surface area contributed by atoms with Crippen LogP contribution >= 0.6 is 0 Å². The minimum Gasteiger partial charge on any atom is -0.302 e. The van der Waals surface area contributed by atoms with Crippen LogP contribution in [0.4, 0.5) is 0 Å². The Balaban J connectivity index is 1.82. The molecule has 0 aromatic heterocycles. The number of rotatable bonds is 5. The fourth-order valence-corrected chi connectivity index (χ4v) is 5.31. The predicted octanol–water partition coefficient (Wildman–Crippen LogP) is 2.14. The highest BCUT2D eigenvalue weighted by atomic mass is 32.2. The van der Waals surface area contributed by atoms with Crippen LogP contribution in [0.1, 0.15) is 43.0 Å². The summed E-state index contributed by atoms with van der Waals surface area (Å²) < 4.78 is 27.6. The molecule has 1 aromatic carbocycles. The SMILES string of the molecule is CC(=O)c1cccc(S(=O)(=O)N2CCCC2CN2CCCC2)c1. The van der Waals surface area contributed by atoms with E-state index in [1.807, 2.05) is 0 Å². The van der Waals surface area contributed by atoms with Crippen LogP contribution in [0.25, 0.3) is 0 Å². The quantitative estimate of drug-likeness (QED) is 0.773. The average Bonchev–Trinajstić information content (AvgIpc) is 3.20. The first-order valence-electron chi connectivity index (χ1n) is 8.34. The molecule has 6 heteroatoms. The van der Waals surface area contributed by atoms with E-state index < -0.39 is 10.0 Å². The molecule has 1 atom stereocenters. The normalized spacial score (nSPS) is 23.4. The van der Waals surface area contributed by atoms with E-state index in [1.165, 1.54) is 25.8 Å². The number of carbonyl (C=O) groups excluding carboxylic acids is 1. The number of nitrogens with zero attached hydrogens (tertiary/aromatic N) is 2. The fourth-order valence-electron chi connectivity index (χ4n) is 3.58. The Morgan fingerprint density at radius 1 is 1.17 bits per heavy atom. The summed E-state index contributed by atoms with van der Waals surface area (Å²) in [5.41, 5.74) is 0.446. The summed E-state index contributed by atoms with van der Waals surface area (Å²) in [6.07, 6.45) is 4.24. The third-order valence-electron chi connectivity index (χ3n) is 4.84. The number of carbonyl (C=O) groups is 1. The number of likely N-dealkylation sites (tertiary alicyclic amines) is 1. The van der Waals surface area contributed by atoms with Crippen molar-refractivity contribution in [3.05, 3.63) is 29.8 Å². The van der Waals surface area contributed by atoms with Crippen molar-refractivity contribution in [2.75, 3.05) is 26.2 Å². The molecule has 0 aliphatic carbocycles. The monoisotopic (exact) mass is 336 g/mol. The van der Waals surface area contributed by atoms with Gasteiger partial charge in [0.25, 0.3) is 0 Å². The van der Waals surface area contributed by atoms with Crippen molar-refractivity contribution in [1.29, 1.82) is 0 Å². The molecular weight excluding hydrogens is 312 g/mol. The second-order valence-corrected chi connectivity index (χ2v) is 8.39. The lowest BCUT2D eigenvalue weighted by molar-refractivity contribution is 0.101. The number of ketones is 1. The number of hydrogen-bond donors (Lipinski definition) is 0. The minimum atomic E-state index is -3.53. The van der Waals surface area contributed by atoms with Gasteiger partial charge >= 0.3 is 0 Å². The Kier molecular flexibility index (Phi) is 4.85. The Bertz CT molecular complexity index is 681. The molecule has 2 aliphatic rings. The van der Waals surface area contributed by atoms with Gasteiger partial charge in [-0.15, -0.1) is 0 Å². The van der Waals surface area contributed by atoms with Gasteiger partial charge in [-0.2, -0.15) is 4.31 Å². The zero-order chi connectivity index (χ0) is 16.4. The van der Waals surface area contributed by atoms with E-state index in [0.717, 1.165) is 32.5 Å². The van der Waals surface area contributed by atoms with Crippen molar-refractivity contribution in [1.82, 2.24) is 9.21 Å². The smallest absolute Gasteiger partial charge is 0.243 e. The third kappa shape index (κ3) is 3.49. The molecule has 1 unspecified atom stereocenters.